The molecule has 0 saturated heterocycles. The molecule has 80 valence electrons. The summed E-state index contributed by atoms with van der Waals surface area (Å²) in [5, 5.41) is 0. The molecule has 1 aliphatic rings. The Morgan fingerprint density at radius 1 is 1.53 bits per heavy atom. The summed E-state index contributed by atoms with van der Waals surface area (Å²) in [6, 6.07) is 5.73. The normalized spacial score (nSPS) is 15.3. The number of hydrogen-bond donors (Lipinski definition) is 0. The van der Waals surface area contributed by atoms with Gasteiger partial charge in [-0.1, -0.05) is 15.9 Å². The first-order valence-electron chi connectivity index (χ1n) is 4.51. The highest BCUT2D eigenvalue weighted by atomic mass is 79.9. The molecule has 0 aromatic heterocycles. The number of anilines is 1. The lowest BCUT2D eigenvalue weighted by Crippen LogP contribution is -2.36. The van der Waals surface area contributed by atoms with E-state index in [2.05, 4.69) is 15.9 Å². The van der Waals surface area contributed by atoms with E-state index in [4.69, 9.17) is 0 Å². The number of carbonyl (C=O) groups excluding carboxylic acids is 1. The van der Waals surface area contributed by atoms with Gasteiger partial charge in [0, 0.05) is 9.37 Å². The molecule has 0 radical (unpaired) electrons. The number of amides is 1. The average Bonchev–Trinajstić information content (AvgIpc) is 2.23. The number of carbonyl (C=O) groups is 1. The van der Waals surface area contributed by atoms with Gasteiger partial charge in [0.2, 0.25) is 5.91 Å². The molecule has 0 atom stereocenters. The van der Waals surface area contributed by atoms with Crippen molar-refractivity contribution in [2.75, 3.05) is 23.9 Å². The van der Waals surface area contributed by atoms with Gasteiger partial charge in [0.05, 0.1) is 18.0 Å². The zero-order valence-electron chi connectivity index (χ0n) is 7.87. The molecule has 0 bridgehead atoms. The van der Waals surface area contributed by atoms with E-state index in [0.29, 0.717) is 5.75 Å². The minimum absolute atomic E-state index is 0.0248. The van der Waals surface area contributed by atoms with Gasteiger partial charge in [-0.25, -0.2) is 4.39 Å². The maximum atomic E-state index is 12.3. The molecular formula is C10H9BrFNOS. The van der Waals surface area contributed by atoms with Crippen LogP contribution in [0.2, 0.25) is 0 Å². The van der Waals surface area contributed by atoms with Crippen LogP contribution >= 0.6 is 27.7 Å². The van der Waals surface area contributed by atoms with E-state index >= 15 is 0 Å². The smallest absolute Gasteiger partial charge is 0.237 e. The second kappa shape index (κ2) is 4.53. The zero-order chi connectivity index (χ0) is 10.8. The maximum Gasteiger partial charge on any atom is 0.237 e. The minimum Gasteiger partial charge on any atom is -0.308 e. The van der Waals surface area contributed by atoms with Crippen LogP contribution in [0.15, 0.2) is 27.6 Å². The summed E-state index contributed by atoms with van der Waals surface area (Å²) in [6.45, 7) is -0.370. The molecular weight excluding hydrogens is 281 g/mol. The predicted molar refractivity (Wildman–Crippen MR) is 63.2 cm³/mol. The van der Waals surface area contributed by atoms with E-state index < -0.39 is 6.67 Å². The van der Waals surface area contributed by atoms with Crippen molar-refractivity contribution in [1.29, 1.82) is 0 Å². The molecule has 1 aliphatic heterocycles. The first kappa shape index (κ1) is 11.0. The zero-order valence-corrected chi connectivity index (χ0v) is 10.3. The Bertz CT molecular complexity index is 399. The summed E-state index contributed by atoms with van der Waals surface area (Å²) in [4.78, 5) is 14.1. The van der Waals surface area contributed by atoms with Crippen LogP contribution in [-0.4, -0.2) is 24.9 Å². The fraction of sp³-hybridized carbons (Fsp3) is 0.300. The number of nitrogens with zero attached hydrogens (tertiary/aromatic N) is 1. The van der Waals surface area contributed by atoms with Gasteiger partial charge in [-0.15, -0.1) is 11.8 Å². The van der Waals surface area contributed by atoms with Crippen LogP contribution in [0.25, 0.3) is 0 Å². The monoisotopic (exact) mass is 289 g/mol. The van der Waals surface area contributed by atoms with Crippen LogP contribution in [0.4, 0.5) is 10.1 Å². The number of fused-ring (bicyclic) bond motifs is 1. The summed E-state index contributed by atoms with van der Waals surface area (Å²) in [6.07, 6.45) is 0. The van der Waals surface area contributed by atoms with Crippen molar-refractivity contribution in [3.8, 4) is 0 Å². The molecule has 0 aliphatic carbocycles. The van der Waals surface area contributed by atoms with Gasteiger partial charge in [0.25, 0.3) is 0 Å². The first-order chi connectivity index (χ1) is 7.22. The second-order valence-electron chi connectivity index (χ2n) is 3.14. The molecule has 0 saturated carbocycles. The minimum atomic E-state index is -0.512. The summed E-state index contributed by atoms with van der Waals surface area (Å²) < 4.78 is 13.2. The maximum absolute atomic E-state index is 12.3. The number of hydrogen-bond acceptors (Lipinski definition) is 2. The summed E-state index contributed by atoms with van der Waals surface area (Å²) in [7, 11) is 0. The van der Waals surface area contributed by atoms with Crippen molar-refractivity contribution < 1.29 is 9.18 Å². The Morgan fingerprint density at radius 3 is 3.07 bits per heavy atom. The van der Waals surface area contributed by atoms with Crippen LogP contribution < -0.4 is 4.90 Å². The lowest BCUT2D eigenvalue weighted by Gasteiger charge is -2.28. The molecule has 2 nitrogen and oxygen atoms in total. The second-order valence-corrected chi connectivity index (χ2v) is 5.07. The Kier molecular flexibility index (Phi) is 3.31. The van der Waals surface area contributed by atoms with Crippen molar-refractivity contribution in [1.82, 2.24) is 0 Å². The van der Waals surface area contributed by atoms with E-state index in [0.717, 1.165) is 15.1 Å². The SMILES string of the molecule is O=C1CSc2ccc(Br)cc2N1CCF. The molecule has 2 rings (SSSR count). The van der Waals surface area contributed by atoms with Gasteiger partial charge < -0.3 is 4.90 Å². The third kappa shape index (κ3) is 2.18. The van der Waals surface area contributed by atoms with Gasteiger partial charge in [0.1, 0.15) is 6.67 Å². The number of thioether (sulfide) groups is 1. The van der Waals surface area contributed by atoms with E-state index in [1.165, 1.54) is 16.7 Å². The largest absolute Gasteiger partial charge is 0.308 e. The Balaban J connectivity index is 2.41. The number of alkyl halides is 1. The van der Waals surface area contributed by atoms with Gasteiger partial charge >= 0.3 is 0 Å². The molecule has 1 heterocycles. The molecule has 0 spiro atoms. The number of rotatable bonds is 2. The number of halogens is 2. The van der Waals surface area contributed by atoms with Crippen LogP contribution in [0.5, 0.6) is 0 Å². The lowest BCUT2D eigenvalue weighted by atomic mass is 10.2. The molecule has 0 unspecified atom stereocenters. The third-order valence-electron chi connectivity index (χ3n) is 2.17. The van der Waals surface area contributed by atoms with Crippen molar-refractivity contribution in [3.63, 3.8) is 0 Å². The van der Waals surface area contributed by atoms with Crippen LogP contribution in [-0.2, 0) is 4.79 Å². The highest BCUT2D eigenvalue weighted by molar-refractivity contribution is 9.10. The van der Waals surface area contributed by atoms with Crippen molar-refractivity contribution in [3.05, 3.63) is 22.7 Å². The molecule has 1 aromatic carbocycles. The van der Waals surface area contributed by atoms with Crippen LogP contribution in [0.3, 0.4) is 0 Å². The van der Waals surface area contributed by atoms with Crippen molar-refractivity contribution in [2.24, 2.45) is 0 Å². The topological polar surface area (TPSA) is 20.3 Å². The fourth-order valence-corrected chi connectivity index (χ4v) is 2.77. The summed E-state index contributed by atoms with van der Waals surface area (Å²) in [5.74, 6) is 0.373. The molecule has 0 N–H and O–H groups in total. The molecule has 1 aromatic rings. The lowest BCUT2D eigenvalue weighted by molar-refractivity contribution is -0.116. The highest BCUT2D eigenvalue weighted by Gasteiger charge is 2.24. The van der Waals surface area contributed by atoms with Crippen LogP contribution in [0.1, 0.15) is 0 Å². The Hall–Kier alpha value is -0.550. The summed E-state index contributed by atoms with van der Waals surface area (Å²) in [5.41, 5.74) is 0.809. The summed E-state index contributed by atoms with van der Waals surface area (Å²) >= 11 is 4.85. The van der Waals surface area contributed by atoms with Gasteiger partial charge in [-0.2, -0.15) is 0 Å². The van der Waals surface area contributed by atoms with E-state index in [1.54, 1.807) is 0 Å². The van der Waals surface area contributed by atoms with Gasteiger partial charge in [-0.05, 0) is 18.2 Å². The fourth-order valence-electron chi connectivity index (χ4n) is 1.50. The van der Waals surface area contributed by atoms with Crippen LogP contribution in [0, 0.1) is 0 Å². The predicted octanol–water partition coefficient (Wildman–Crippen LogP) is 2.86. The Labute approximate surface area is 100.0 Å². The number of benzene rings is 1. The van der Waals surface area contributed by atoms with Crippen molar-refractivity contribution in [2.45, 2.75) is 4.90 Å². The quantitative estimate of drug-likeness (QED) is 0.834. The molecule has 1 amide bonds. The molecule has 5 heteroatoms. The average molecular weight is 290 g/mol. The first-order valence-corrected chi connectivity index (χ1v) is 6.29. The van der Waals surface area contributed by atoms with Gasteiger partial charge in [0.15, 0.2) is 0 Å². The Morgan fingerprint density at radius 2 is 2.33 bits per heavy atom. The van der Waals surface area contributed by atoms with E-state index in [1.807, 2.05) is 18.2 Å². The van der Waals surface area contributed by atoms with Crippen molar-refractivity contribution >= 4 is 39.3 Å². The standard InChI is InChI=1S/C10H9BrFNOS/c11-7-1-2-9-8(5-7)13(4-3-12)10(14)6-15-9/h1-2,5H,3-4,6H2. The van der Waals surface area contributed by atoms with E-state index in [9.17, 15) is 9.18 Å². The van der Waals surface area contributed by atoms with E-state index in [-0.39, 0.29) is 12.5 Å². The molecule has 0 fully saturated rings. The third-order valence-corrected chi connectivity index (χ3v) is 3.71. The highest BCUT2D eigenvalue weighted by Crippen LogP contribution is 2.36. The van der Waals surface area contributed by atoms with Gasteiger partial charge in [-0.3, -0.25) is 4.79 Å². The molecule has 15 heavy (non-hydrogen) atoms.